The Labute approximate surface area is 102 Å². The molecule has 0 nitrogen and oxygen atoms in total. The molecule has 0 fully saturated rings. The first-order chi connectivity index (χ1) is 8.09. The van der Waals surface area contributed by atoms with Crippen LogP contribution in [-0.2, 0) is 0 Å². The molecule has 0 heterocycles. The molecule has 0 spiro atoms. The van der Waals surface area contributed by atoms with Gasteiger partial charge in [0.25, 0.3) is 0 Å². The van der Waals surface area contributed by atoms with E-state index in [1.165, 1.54) is 0 Å². The molecule has 17 heavy (non-hydrogen) atoms. The number of benzene rings is 2. The normalized spacial score (nSPS) is 11.8. The van der Waals surface area contributed by atoms with Crippen LogP contribution < -0.4 is 8.92 Å². The van der Waals surface area contributed by atoms with Crippen molar-refractivity contribution in [2.45, 2.75) is 5.07 Å². The molecular weight excluding hydrogens is 292 g/mol. The molecule has 0 saturated carbocycles. The Bertz CT molecular complexity index is 426. The molecule has 0 N–H and O–H groups in total. The van der Waals surface area contributed by atoms with E-state index in [-0.39, 0.29) is 0 Å². The van der Waals surface area contributed by atoms with Gasteiger partial charge in [0.2, 0.25) is 0 Å². The summed E-state index contributed by atoms with van der Waals surface area (Å²) in [6.07, 6.45) is 0. The van der Waals surface area contributed by atoms with E-state index in [1.54, 1.807) is 60.7 Å². The van der Waals surface area contributed by atoms with Crippen molar-refractivity contribution in [3.05, 3.63) is 60.7 Å². The number of hydrogen-bond donors (Lipinski definition) is 0. The first kappa shape index (κ1) is 12.2. The first-order valence-corrected chi connectivity index (χ1v) is 7.57. The quantitative estimate of drug-likeness (QED) is 0.747. The summed E-state index contributed by atoms with van der Waals surface area (Å²) in [5, 5.41) is -4.15. The molecule has 4 heteroatoms. The third-order valence-electron chi connectivity index (χ3n) is 2.19. The van der Waals surface area contributed by atoms with Crippen LogP contribution in [0.5, 0.6) is 0 Å². The molecule has 0 aliphatic rings. The van der Waals surface area contributed by atoms with Gasteiger partial charge < -0.3 is 0 Å². The number of hydrogen-bond acceptors (Lipinski definition) is 0. The molecule has 0 atom stereocenters. The number of rotatable bonds is 2. The summed E-state index contributed by atoms with van der Waals surface area (Å²) in [4.78, 5) is 0. The van der Waals surface area contributed by atoms with Crippen LogP contribution in [0.25, 0.3) is 0 Å². The fourth-order valence-electron chi connectivity index (χ4n) is 1.52. The van der Waals surface area contributed by atoms with Crippen LogP contribution in [0.2, 0.25) is 0 Å². The monoisotopic (exact) mass is 303 g/mol. The van der Waals surface area contributed by atoms with Gasteiger partial charge in [-0.25, -0.2) is 0 Å². The molecule has 2 rings (SSSR count). The van der Waals surface area contributed by atoms with Crippen LogP contribution in [0.1, 0.15) is 0 Å². The number of halogens is 3. The van der Waals surface area contributed by atoms with E-state index in [9.17, 15) is 13.2 Å². The van der Waals surface area contributed by atoms with Crippen molar-refractivity contribution in [2.75, 3.05) is 0 Å². The Kier molecular flexibility index (Phi) is 3.55. The van der Waals surface area contributed by atoms with Gasteiger partial charge in [-0.05, 0) is 0 Å². The summed E-state index contributed by atoms with van der Waals surface area (Å²) in [7, 11) is 0. The Balaban J connectivity index is 2.48. The molecule has 2 aromatic rings. The van der Waals surface area contributed by atoms with Gasteiger partial charge in [-0.2, -0.15) is 0 Å². The summed E-state index contributed by atoms with van der Waals surface area (Å²) in [5.41, 5.74) is 0. The third kappa shape index (κ3) is 2.90. The summed E-state index contributed by atoms with van der Waals surface area (Å²) in [6, 6.07) is 16.3. The summed E-state index contributed by atoms with van der Waals surface area (Å²) >= 11 is -2.98. The van der Waals surface area contributed by atoms with Crippen LogP contribution in [0.4, 0.5) is 13.2 Å². The van der Waals surface area contributed by atoms with Crippen LogP contribution in [0.15, 0.2) is 60.7 Å². The van der Waals surface area contributed by atoms with Crippen molar-refractivity contribution in [3.63, 3.8) is 0 Å². The second-order valence-electron chi connectivity index (χ2n) is 3.38. The molecule has 0 aliphatic heterocycles. The fourth-order valence-corrected chi connectivity index (χ4v) is 5.01. The number of alkyl halides is 3. The zero-order valence-corrected chi connectivity index (χ0v) is 10.5. The van der Waals surface area contributed by atoms with Crippen LogP contribution in [0.3, 0.4) is 0 Å². The molecule has 0 amide bonds. The van der Waals surface area contributed by atoms with Gasteiger partial charge in [-0.3, -0.25) is 0 Å². The SMILES string of the molecule is FC(F)(F)[Se](c1ccccc1)c1ccccc1. The average molecular weight is 302 g/mol. The molecule has 0 aromatic heterocycles. The third-order valence-corrected chi connectivity index (χ3v) is 6.28. The zero-order chi connectivity index (χ0) is 12.3. The van der Waals surface area contributed by atoms with Crippen molar-refractivity contribution in [3.8, 4) is 0 Å². The maximum atomic E-state index is 13.1. The van der Waals surface area contributed by atoms with Gasteiger partial charge in [0.15, 0.2) is 0 Å². The van der Waals surface area contributed by atoms with Gasteiger partial charge in [-0.1, -0.05) is 0 Å². The van der Waals surface area contributed by atoms with Crippen molar-refractivity contribution in [1.82, 2.24) is 0 Å². The van der Waals surface area contributed by atoms with Crippen molar-refractivity contribution in [1.29, 1.82) is 0 Å². The molecule has 89 valence electrons. The van der Waals surface area contributed by atoms with Crippen molar-refractivity contribution < 1.29 is 13.2 Å². The van der Waals surface area contributed by atoms with Gasteiger partial charge in [0.05, 0.1) is 0 Å². The molecule has 0 unspecified atom stereocenters. The summed E-state index contributed by atoms with van der Waals surface area (Å²) < 4.78 is 40.2. The van der Waals surface area contributed by atoms with Gasteiger partial charge in [0.1, 0.15) is 0 Å². The zero-order valence-electron chi connectivity index (χ0n) is 8.82. The predicted octanol–water partition coefficient (Wildman–Crippen LogP) is 2.40. The van der Waals surface area contributed by atoms with E-state index in [4.69, 9.17) is 0 Å². The molecule has 0 bridgehead atoms. The molecule has 2 aromatic carbocycles. The minimum atomic E-state index is -4.15. The van der Waals surface area contributed by atoms with Crippen LogP contribution >= 0.6 is 0 Å². The Morgan fingerprint density at radius 1 is 0.647 bits per heavy atom. The van der Waals surface area contributed by atoms with E-state index < -0.39 is 19.0 Å². The predicted molar refractivity (Wildman–Crippen MR) is 64.0 cm³/mol. The van der Waals surface area contributed by atoms with Crippen molar-refractivity contribution in [2.24, 2.45) is 0 Å². The Morgan fingerprint density at radius 3 is 1.29 bits per heavy atom. The van der Waals surface area contributed by atoms with E-state index >= 15 is 0 Å². The molecular formula is C13H10F3Se. The Morgan fingerprint density at radius 2 is 1.00 bits per heavy atom. The topological polar surface area (TPSA) is 0 Å². The van der Waals surface area contributed by atoms with Crippen molar-refractivity contribution >= 4 is 22.8 Å². The summed E-state index contributed by atoms with van der Waals surface area (Å²) in [6.45, 7) is 0. The minimum absolute atomic E-state index is 0.395. The van der Waals surface area contributed by atoms with Crippen LogP contribution in [-0.4, -0.2) is 19.0 Å². The molecule has 0 aliphatic carbocycles. The van der Waals surface area contributed by atoms with Crippen LogP contribution in [0, 0.1) is 0 Å². The average Bonchev–Trinajstić information content (AvgIpc) is 2.30. The fraction of sp³-hybridized carbons (Fsp3) is 0.0769. The maximum absolute atomic E-state index is 13.1. The first-order valence-electron chi connectivity index (χ1n) is 5.00. The van der Waals surface area contributed by atoms with E-state index in [1.807, 2.05) is 0 Å². The van der Waals surface area contributed by atoms with E-state index in [0.29, 0.717) is 8.92 Å². The van der Waals surface area contributed by atoms with Gasteiger partial charge >= 0.3 is 102 Å². The second kappa shape index (κ2) is 4.94. The molecule has 0 saturated heterocycles. The molecule has 1 radical (unpaired) electrons. The van der Waals surface area contributed by atoms with E-state index in [2.05, 4.69) is 0 Å². The van der Waals surface area contributed by atoms with E-state index in [0.717, 1.165) is 0 Å². The van der Waals surface area contributed by atoms with Gasteiger partial charge in [0, 0.05) is 0 Å². The standard InChI is InChI=1S/C13H10F3Se/c14-13(15,16)17(11-7-3-1-4-8-11)12-9-5-2-6-10-12/h1-10H. The Hall–Kier alpha value is -1.25. The summed E-state index contributed by atoms with van der Waals surface area (Å²) in [5.74, 6) is 0. The van der Waals surface area contributed by atoms with Gasteiger partial charge in [-0.15, -0.1) is 0 Å². The second-order valence-corrected chi connectivity index (χ2v) is 7.61.